The van der Waals surface area contributed by atoms with Crippen molar-refractivity contribution in [1.82, 2.24) is 5.32 Å². The Hall–Kier alpha value is -2.86. The third-order valence-corrected chi connectivity index (χ3v) is 5.42. The molecule has 6 heteroatoms. The van der Waals surface area contributed by atoms with Gasteiger partial charge in [-0.15, -0.1) is 0 Å². The lowest BCUT2D eigenvalue weighted by Crippen LogP contribution is -3.08. The van der Waals surface area contributed by atoms with Crippen LogP contribution < -0.4 is 20.3 Å². The summed E-state index contributed by atoms with van der Waals surface area (Å²) < 4.78 is 5.70. The molecule has 2 heterocycles. The maximum absolute atomic E-state index is 12.4. The quantitative estimate of drug-likeness (QED) is 0.707. The van der Waals surface area contributed by atoms with Gasteiger partial charge < -0.3 is 20.3 Å². The number of hydrogen-bond donors (Lipinski definition) is 3. The molecule has 2 aliphatic heterocycles. The zero-order valence-corrected chi connectivity index (χ0v) is 15.9. The molecule has 6 nitrogen and oxygen atoms in total. The van der Waals surface area contributed by atoms with Gasteiger partial charge in [0.1, 0.15) is 12.3 Å². The van der Waals surface area contributed by atoms with Crippen LogP contribution in [-0.4, -0.2) is 31.0 Å². The maximum Gasteiger partial charge on any atom is 0.266 e. The highest BCUT2D eigenvalue weighted by Crippen LogP contribution is 2.29. The van der Waals surface area contributed by atoms with E-state index in [1.165, 1.54) is 31.5 Å². The van der Waals surface area contributed by atoms with Crippen molar-refractivity contribution >= 4 is 17.5 Å². The molecule has 0 saturated carbocycles. The second kappa shape index (κ2) is 8.44. The summed E-state index contributed by atoms with van der Waals surface area (Å²) in [7, 11) is 0. The van der Waals surface area contributed by atoms with E-state index in [1.54, 1.807) is 17.0 Å². The number of rotatable bonds is 6. The summed E-state index contributed by atoms with van der Waals surface area (Å²) in [5, 5.41) is 5.74. The molecule has 2 aromatic carbocycles. The van der Waals surface area contributed by atoms with Gasteiger partial charge in [0.25, 0.3) is 5.91 Å². The molecule has 0 aliphatic carbocycles. The number of benzene rings is 2. The minimum atomic E-state index is -0.806. The van der Waals surface area contributed by atoms with E-state index >= 15 is 0 Å². The molecule has 28 heavy (non-hydrogen) atoms. The van der Waals surface area contributed by atoms with Crippen LogP contribution in [0.5, 0.6) is 5.75 Å². The van der Waals surface area contributed by atoms with Gasteiger partial charge >= 0.3 is 0 Å². The molecule has 146 valence electrons. The van der Waals surface area contributed by atoms with E-state index < -0.39 is 6.10 Å². The number of carbonyl (C=O) groups is 2. The Kier molecular flexibility index (Phi) is 5.58. The zero-order chi connectivity index (χ0) is 19.3. The molecular formula is C22H26N3O3+. The molecule has 0 radical (unpaired) electrons. The first-order valence-corrected chi connectivity index (χ1v) is 9.92. The smallest absolute Gasteiger partial charge is 0.266 e. The molecular weight excluding hydrogens is 354 g/mol. The molecule has 1 fully saturated rings. The molecule has 1 atom stereocenters. The number of amides is 2. The normalized spacial score (nSPS) is 18.9. The first kappa shape index (κ1) is 18.5. The van der Waals surface area contributed by atoms with Crippen molar-refractivity contribution in [3.05, 3.63) is 59.7 Å². The van der Waals surface area contributed by atoms with Crippen molar-refractivity contribution in [3.8, 4) is 5.75 Å². The Labute approximate surface area is 164 Å². The van der Waals surface area contributed by atoms with Gasteiger partial charge in [-0.1, -0.05) is 36.4 Å². The molecule has 0 bridgehead atoms. The first-order valence-electron chi connectivity index (χ1n) is 9.92. The second-order valence-corrected chi connectivity index (χ2v) is 7.48. The van der Waals surface area contributed by atoms with Gasteiger partial charge in [0.2, 0.25) is 5.91 Å². The Bertz CT molecular complexity index is 862. The van der Waals surface area contributed by atoms with E-state index in [4.69, 9.17) is 4.74 Å². The molecule has 4 rings (SSSR count). The van der Waals surface area contributed by atoms with Gasteiger partial charge in [-0.2, -0.15) is 0 Å². The Morgan fingerprint density at radius 1 is 1.07 bits per heavy atom. The standard InChI is InChI=1S/C22H25N3O3/c26-21(13-20-22(27)24-18-9-3-4-10-19(18)28-20)23-14-16-7-1-2-8-17(16)15-25-11-5-6-12-25/h1-4,7-10,20H,5-6,11-15H2,(H,23,26)(H,24,27)/p+1/t20-/m1/s1. The number of carbonyl (C=O) groups excluding carboxylic acids is 2. The van der Waals surface area contributed by atoms with E-state index in [1.807, 2.05) is 24.3 Å². The number of likely N-dealkylation sites (tertiary alicyclic amines) is 1. The van der Waals surface area contributed by atoms with Crippen LogP contribution in [0.4, 0.5) is 5.69 Å². The Morgan fingerprint density at radius 3 is 2.61 bits per heavy atom. The van der Waals surface area contributed by atoms with Crippen molar-refractivity contribution in [2.45, 2.75) is 38.5 Å². The summed E-state index contributed by atoms with van der Waals surface area (Å²) in [6, 6.07) is 15.5. The number of fused-ring (bicyclic) bond motifs is 1. The lowest BCUT2D eigenvalue weighted by atomic mass is 10.1. The van der Waals surface area contributed by atoms with E-state index in [2.05, 4.69) is 22.8 Å². The third kappa shape index (κ3) is 4.34. The number of nitrogens with one attached hydrogen (secondary N) is 3. The van der Waals surface area contributed by atoms with Gasteiger partial charge in [-0.3, -0.25) is 9.59 Å². The SMILES string of the molecule is O=C(C[C@H]1Oc2ccccc2NC1=O)NCc1ccccc1C[NH+]1CCCC1. The predicted molar refractivity (Wildman–Crippen MR) is 106 cm³/mol. The average Bonchev–Trinajstić information content (AvgIpc) is 3.21. The fraction of sp³-hybridized carbons (Fsp3) is 0.364. The number of ether oxygens (including phenoxy) is 1. The van der Waals surface area contributed by atoms with Gasteiger partial charge in [-0.25, -0.2) is 0 Å². The van der Waals surface area contributed by atoms with E-state index in [0.717, 1.165) is 12.1 Å². The average molecular weight is 380 g/mol. The molecule has 2 aromatic rings. The molecule has 2 aliphatic rings. The van der Waals surface area contributed by atoms with E-state index in [0.29, 0.717) is 18.0 Å². The summed E-state index contributed by atoms with van der Waals surface area (Å²) >= 11 is 0. The van der Waals surface area contributed by atoms with Crippen LogP contribution in [0, 0.1) is 0 Å². The number of quaternary nitrogens is 1. The van der Waals surface area contributed by atoms with Gasteiger partial charge in [-0.05, 0) is 17.7 Å². The predicted octanol–water partition coefficient (Wildman–Crippen LogP) is 1.27. The molecule has 0 unspecified atom stereocenters. The van der Waals surface area contributed by atoms with Crippen LogP contribution in [0.3, 0.4) is 0 Å². The van der Waals surface area contributed by atoms with Crippen LogP contribution >= 0.6 is 0 Å². The van der Waals surface area contributed by atoms with Gasteiger partial charge in [0, 0.05) is 24.9 Å². The molecule has 3 N–H and O–H groups in total. The van der Waals surface area contributed by atoms with Crippen molar-refractivity contribution in [3.63, 3.8) is 0 Å². The van der Waals surface area contributed by atoms with Crippen molar-refractivity contribution in [2.24, 2.45) is 0 Å². The lowest BCUT2D eigenvalue weighted by Gasteiger charge is -2.25. The fourth-order valence-electron chi connectivity index (χ4n) is 3.88. The fourth-order valence-corrected chi connectivity index (χ4v) is 3.88. The van der Waals surface area contributed by atoms with Crippen LogP contribution in [0.25, 0.3) is 0 Å². The highest BCUT2D eigenvalue weighted by Gasteiger charge is 2.29. The molecule has 0 spiro atoms. The highest BCUT2D eigenvalue weighted by molar-refractivity contribution is 5.99. The second-order valence-electron chi connectivity index (χ2n) is 7.48. The van der Waals surface area contributed by atoms with E-state index in [9.17, 15) is 9.59 Å². The minimum absolute atomic E-state index is 0.000288. The molecule has 1 saturated heterocycles. The van der Waals surface area contributed by atoms with E-state index in [-0.39, 0.29) is 18.2 Å². The molecule has 2 amide bonds. The number of hydrogen-bond acceptors (Lipinski definition) is 3. The van der Waals surface area contributed by atoms with Crippen LogP contribution in [0.1, 0.15) is 30.4 Å². The maximum atomic E-state index is 12.4. The highest BCUT2D eigenvalue weighted by atomic mass is 16.5. The Balaban J connectivity index is 1.33. The van der Waals surface area contributed by atoms with Crippen molar-refractivity contribution < 1.29 is 19.2 Å². The number of para-hydroxylation sites is 2. The monoisotopic (exact) mass is 380 g/mol. The zero-order valence-electron chi connectivity index (χ0n) is 15.9. The molecule has 0 aromatic heterocycles. The summed E-state index contributed by atoms with van der Waals surface area (Å²) in [4.78, 5) is 26.2. The summed E-state index contributed by atoms with van der Waals surface area (Å²) in [6.45, 7) is 3.90. The third-order valence-electron chi connectivity index (χ3n) is 5.42. The van der Waals surface area contributed by atoms with Gasteiger partial charge in [0.05, 0.1) is 25.2 Å². The summed E-state index contributed by atoms with van der Waals surface area (Å²) in [5.41, 5.74) is 3.05. The van der Waals surface area contributed by atoms with Gasteiger partial charge in [0.15, 0.2) is 6.10 Å². The van der Waals surface area contributed by atoms with Crippen LogP contribution in [0.2, 0.25) is 0 Å². The topological polar surface area (TPSA) is 71.9 Å². The van der Waals surface area contributed by atoms with Crippen molar-refractivity contribution in [1.29, 1.82) is 0 Å². The Morgan fingerprint density at radius 2 is 1.79 bits per heavy atom. The summed E-state index contributed by atoms with van der Waals surface area (Å²) in [6.07, 6.45) is 1.78. The van der Waals surface area contributed by atoms with Crippen LogP contribution in [0.15, 0.2) is 48.5 Å². The van der Waals surface area contributed by atoms with Crippen LogP contribution in [-0.2, 0) is 22.7 Å². The summed E-state index contributed by atoms with van der Waals surface area (Å²) in [5.74, 6) is 0.119. The minimum Gasteiger partial charge on any atom is -0.478 e. The number of anilines is 1. The largest absolute Gasteiger partial charge is 0.478 e. The van der Waals surface area contributed by atoms with Crippen molar-refractivity contribution in [2.75, 3.05) is 18.4 Å². The first-order chi connectivity index (χ1) is 13.7. The lowest BCUT2D eigenvalue weighted by molar-refractivity contribution is -0.901.